The van der Waals surface area contributed by atoms with Crippen molar-refractivity contribution in [3.8, 4) is 0 Å². The quantitative estimate of drug-likeness (QED) is 0.703. The summed E-state index contributed by atoms with van der Waals surface area (Å²) in [6.07, 6.45) is 2.90. The summed E-state index contributed by atoms with van der Waals surface area (Å²) in [6, 6.07) is 0. The molecule has 3 atom stereocenters. The Morgan fingerprint density at radius 2 is 2.20 bits per heavy atom. The molecule has 1 heterocycles. The first-order chi connectivity index (χ1) is 6.97. The van der Waals surface area contributed by atoms with Gasteiger partial charge in [0.2, 0.25) is 10.0 Å². The standard InChI is InChI=1S/C10H19NO3S/c1-4-5-8(2)9(3)15(12,13)11-10-6-7-14-10/h4,8-11H,1,5-7H2,2-3H3/t8-,9+,10+/m0/s1. The molecule has 0 saturated carbocycles. The van der Waals surface area contributed by atoms with Crippen molar-refractivity contribution < 1.29 is 13.2 Å². The average Bonchev–Trinajstić information content (AvgIpc) is 2.11. The third kappa shape index (κ3) is 3.29. The Hall–Kier alpha value is -0.390. The van der Waals surface area contributed by atoms with Crippen LogP contribution in [0.4, 0.5) is 0 Å². The van der Waals surface area contributed by atoms with E-state index in [1.165, 1.54) is 0 Å². The first-order valence-electron chi connectivity index (χ1n) is 5.21. The van der Waals surface area contributed by atoms with Gasteiger partial charge in [0.05, 0.1) is 11.9 Å². The van der Waals surface area contributed by atoms with Gasteiger partial charge in [-0.1, -0.05) is 13.0 Å². The molecule has 5 heteroatoms. The minimum absolute atomic E-state index is 0.0695. The maximum absolute atomic E-state index is 11.8. The molecule has 88 valence electrons. The Labute approximate surface area is 91.8 Å². The molecule has 1 fully saturated rings. The number of rotatable bonds is 6. The van der Waals surface area contributed by atoms with Gasteiger partial charge >= 0.3 is 0 Å². The van der Waals surface area contributed by atoms with Crippen molar-refractivity contribution in [2.24, 2.45) is 5.92 Å². The molecule has 0 aromatic rings. The predicted octanol–water partition coefficient (Wildman–Crippen LogP) is 1.25. The van der Waals surface area contributed by atoms with Gasteiger partial charge in [0.25, 0.3) is 0 Å². The Morgan fingerprint density at radius 1 is 1.60 bits per heavy atom. The van der Waals surface area contributed by atoms with E-state index < -0.39 is 15.3 Å². The van der Waals surface area contributed by atoms with Gasteiger partial charge in [-0.2, -0.15) is 4.72 Å². The molecule has 1 aliphatic rings. The lowest BCUT2D eigenvalue weighted by Crippen LogP contribution is -2.48. The molecule has 0 aliphatic carbocycles. The summed E-state index contributed by atoms with van der Waals surface area (Å²) in [5.41, 5.74) is 0. The van der Waals surface area contributed by atoms with Crippen molar-refractivity contribution in [3.63, 3.8) is 0 Å². The first kappa shape index (κ1) is 12.7. The van der Waals surface area contributed by atoms with E-state index >= 15 is 0 Å². The summed E-state index contributed by atoms with van der Waals surface area (Å²) in [7, 11) is -3.26. The van der Waals surface area contributed by atoms with Gasteiger partial charge in [0, 0.05) is 6.42 Å². The molecule has 1 rings (SSSR count). The lowest BCUT2D eigenvalue weighted by Gasteiger charge is -2.29. The average molecular weight is 233 g/mol. The Morgan fingerprint density at radius 3 is 2.60 bits per heavy atom. The zero-order valence-corrected chi connectivity index (χ0v) is 10.1. The molecule has 0 radical (unpaired) electrons. The van der Waals surface area contributed by atoms with Crippen molar-refractivity contribution in [2.45, 2.75) is 38.2 Å². The molecule has 1 saturated heterocycles. The number of hydrogen-bond donors (Lipinski definition) is 1. The van der Waals surface area contributed by atoms with Gasteiger partial charge < -0.3 is 4.74 Å². The van der Waals surface area contributed by atoms with Crippen LogP contribution >= 0.6 is 0 Å². The van der Waals surface area contributed by atoms with Gasteiger partial charge in [-0.25, -0.2) is 8.42 Å². The minimum Gasteiger partial charge on any atom is -0.362 e. The smallest absolute Gasteiger partial charge is 0.216 e. The highest BCUT2D eigenvalue weighted by Gasteiger charge is 2.30. The summed E-state index contributed by atoms with van der Waals surface area (Å²) in [5.74, 6) is 0.0695. The van der Waals surface area contributed by atoms with Gasteiger partial charge in [-0.15, -0.1) is 6.58 Å². The fraction of sp³-hybridized carbons (Fsp3) is 0.800. The van der Waals surface area contributed by atoms with Crippen molar-refractivity contribution >= 4 is 10.0 Å². The first-order valence-corrected chi connectivity index (χ1v) is 6.75. The van der Waals surface area contributed by atoms with Gasteiger partial charge in [-0.05, 0) is 19.3 Å². The number of hydrogen-bond acceptors (Lipinski definition) is 3. The van der Waals surface area contributed by atoms with Crippen LogP contribution in [0.3, 0.4) is 0 Å². The lowest BCUT2D eigenvalue weighted by molar-refractivity contribution is -0.0567. The van der Waals surface area contributed by atoms with E-state index in [2.05, 4.69) is 11.3 Å². The second kappa shape index (κ2) is 5.09. The van der Waals surface area contributed by atoms with Crippen molar-refractivity contribution in [3.05, 3.63) is 12.7 Å². The topological polar surface area (TPSA) is 55.4 Å². The van der Waals surface area contributed by atoms with Crippen molar-refractivity contribution in [2.75, 3.05) is 6.61 Å². The molecule has 15 heavy (non-hydrogen) atoms. The molecule has 0 aromatic carbocycles. The highest BCUT2D eigenvalue weighted by molar-refractivity contribution is 7.90. The second-order valence-electron chi connectivity index (χ2n) is 4.02. The second-order valence-corrected chi connectivity index (χ2v) is 6.09. The largest absolute Gasteiger partial charge is 0.362 e. The fourth-order valence-corrected chi connectivity index (χ4v) is 2.87. The van der Waals surface area contributed by atoms with Crippen LogP contribution in [0.2, 0.25) is 0 Å². The summed E-state index contributed by atoms with van der Waals surface area (Å²) in [6.45, 7) is 7.88. The van der Waals surface area contributed by atoms with E-state index in [0.29, 0.717) is 13.0 Å². The van der Waals surface area contributed by atoms with Crippen LogP contribution in [0.5, 0.6) is 0 Å². The van der Waals surface area contributed by atoms with Crippen LogP contribution in [-0.4, -0.2) is 26.5 Å². The zero-order valence-electron chi connectivity index (χ0n) is 9.27. The molecule has 0 unspecified atom stereocenters. The molecule has 1 N–H and O–H groups in total. The number of nitrogens with one attached hydrogen (secondary N) is 1. The van der Waals surface area contributed by atoms with E-state index in [9.17, 15) is 8.42 Å². The van der Waals surface area contributed by atoms with Gasteiger partial charge in [0.1, 0.15) is 6.23 Å². The zero-order chi connectivity index (χ0) is 11.5. The summed E-state index contributed by atoms with van der Waals surface area (Å²) in [5, 5.41) is -0.417. The lowest BCUT2D eigenvalue weighted by atomic mass is 10.1. The van der Waals surface area contributed by atoms with Crippen molar-refractivity contribution in [1.29, 1.82) is 0 Å². The van der Waals surface area contributed by atoms with E-state index in [-0.39, 0.29) is 12.1 Å². The Balaban J connectivity index is 2.54. The van der Waals surface area contributed by atoms with E-state index in [0.717, 1.165) is 6.42 Å². The van der Waals surface area contributed by atoms with Gasteiger partial charge in [-0.3, -0.25) is 0 Å². The SMILES string of the molecule is C=CC[C@H](C)[C@@H](C)S(=O)(=O)N[C@H]1CCO1. The fourth-order valence-electron chi connectivity index (χ4n) is 1.38. The van der Waals surface area contributed by atoms with Crippen LogP contribution in [-0.2, 0) is 14.8 Å². The summed E-state index contributed by atoms with van der Waals surface area (Å²) >= 11 is 0. The maximum atomic E-state index is 11.8. The molecular formula is C10H19NO3S. The molecule has 4 nitrogen and oxygen atoms in total. The van der Waals surface area contributed by atoms with Gasteiger partial charge in [0.15, 0.2) is 0 Å². The summed E-state index contributed by atoms with van der Waals surface area (Å²) in [4.78, 5) is 0. The van der Waals surface area contributed by atoms with E-state index in [1.54, 1.807) is 13.0 Å². The monoisotopic (exact) mass is 233 g/mol. The molecule has 1 aliphatic heterocycles. The highest BCUT2D eigenvalue weighted by Crippen LogP contribution is 2.18. The minimum atomic E-state index is -3.26. The third-order valence-corrected chi connectivity index (χ3v) is 4.86. The molecule has 0 spiro atoms. The Bertz CT molecular complexity index is 309. The van der Waals surface area contributed by atoms with E-state index in [4.69, 9.17) is 4.74 Å². The van der Waals surface area contributed by atoms with Crippen LogP contribution < -0.4 is 4.72 Å². The highest BCUT2D eigenvalue weighted by atomic mass is 32.2. The number of allylic oxidation sites excluding steroid dienone is 1. The van der Waals surface area contributed by atoms with Crippen LogP contribution in [0.25, 0.3) is 0 Å². The third-order valence-electron chi connectivity index (χ3n) is 2.82. The Kier molecular flexibility index (Phi) is 4.31. The molecule has 0 bridgehead atoms. The van der Waals surface area contributed by atoms with E-state index in [1.807, 2.05) is 6.92 Å². The molecule has 0 amide bonds. The van der Waals surface area contributed by atoms with Crippen LogP contribution in [0.15, 0.2) is 12.7 Å². The number of ether oxygens (including phenoxy) is 1. The van der Waals surface area contributed by atoms with Crippen LogP contribution in [0.1, 0.15) is 26.7 Å². The molecular weight excluding hydrogens is 214 g/mol. The maximum Gasteiger partial charge on any atom is 0.216 e. The number of sulfonamides is 1. The predicted molar refractivity (Wildman–Crippen MR) is 59.9 cm³/mol. The molecule has 0 aromatic heterocycles. The summed E-state index contributed by atoms with van der Waals surface area (Å²) < 4.78 is 31.2. The van der Waals surface area contributed by atoms with Crippen molar-refractivity contribution in [1.82, 2.24) is 4.72 Å². The normalized spacial score (nSPS) is 25.3. The van der Waals surface area contributed by atoms with Crippen LogP contribution in [0, 0.1) is 5.92 Å².